The molecule has 2 aromatic heterocycles. The molecule has 0 spiro atoms. The lowest BCUT2D eigenvalue weighted by Gasteiger charge is -2.32. The number of carboxylic acids is 1. The van der Waals surface area contributed by atoms with Crippen LogP contribution in [0.2, 0.25) is 0 Å². The second-order valence-electron chi connectivity index (χ2n) is 15.8. The molecule has 5 N–H and O–H groups in total. The molecule has 2 aromatic carbocycles. The summed E-state index contributed by atoms with van der Waals surface area (Å²) in [7, 11) is 4.05. The zero-order valence-corrected chi connectivity index (χ0v) is 34.7. The molecule has 0 bridgehead atoms. The van der Waals surface area contributed by atoms with Gasteiger partial charge in [-0.25, -0.2) is 24.3 Å². The molecule has 0 aliphatic heterocycles. The van der Waals surface area contributed by atoms with E-state index in [0.29, 0.717) is 56.0 Å². The molecule has 3 amide bonds. The van der Waals surface area contributed by atoms with E-state index >= 15 is 0 Å². The molecule has 4 aromatic rings. The van der Waals surface area contributed by atoms with Crippen molar-refractivity contribution in [2.75, 3.05) is 38.7 Å². The summed E-state index contributed by atoms with van der Waals surface area (Å²) in [4.78, 5) is 71.1. The van der Waals surface area contributed by atoms with Gasteiger partial charge in [0.25, 0.3) is 5.91 Å². The van der Waals surface area contributed by atoms with E-state index in [9.17, 15) is 32.3 Å². The molecule has 16 nitrogen and oxygen atoms in total. The van der Waals surface area contributed by atoms with Crippen molar-refractivity contribution >= 4 is 29.6 Å². The minimum absolute atomic E-state index is 0.181. The van der Waals surface area contributed by atoms with Crippen LogP contribution in [-0.4, -0.2) is 101 Å². The third-order valence-electron chi connectivity index (χ3n) is 9.45. The van der Waals surface area contributed by atoms with Crippen LogP contribution in [0.15, 0.2) is 76.2 Å². The van der Waals surface area contributed by atoms with Gasteiger partial charge in [0.1, 0.15) is 5.60 Å². The van der Waals surface area contributed by atoms with E-state index in [0.717, 1.165) is 29.7 Å². The summed E-state index contributed by atoms with van der Waals surface area (Å²) < 4.78 is 47.5. The van der Waals surface area contributed by atoms with Gasteiger partial charge in [0.05, 0.1) is 18.3 Å². The van der Waals surface area contributed by atoms with E-state index < -0.39 is 47.5 Å². The first-order valence-electron chi connectivity index (χ1n) is 19.6. The van der Waals surface area contributed by atoms with Crippen molar-refractivity contribution in [1.29, 1.82) is 0 Å². The number of aromatic nitrogens is 3. The van der Waals surface area contributed by atoms with Crippen LogP contribution in [0.25, 0.3) is 22.5 Å². The maximum Gasteiger partial charge on any atom is 0.490 e. The van der Waals surface area contributed by atoms with Crippen molar-refractivity contribution in [3.05, 3.63) is 83.0 Å². The maximum atomic E-state index is 14.2. The number of H-pyrrole nitrogens is 1. The fourth-order valence-corrected chi connectivity index (χ4v) is 6.36. The lowest BCUT2D eigenvalue weighted by atomic mass is 9.81. The Balaban J connectivity index is 0.00000107. The number of amides is 3. The Labute approximate surface area is 350 Å². The SMILES string of the molecule is CN(C)CCCOc1ccc(-c2ccc(C[C@H](N)C(=O)N(C(=O)C3CCC(CNC(=O)OC(C)(C)C)CC3)c3ccc(-c4noc(=O)[nH]4)cc3)cc2)cn1.O=C(O)C(F)(F)F. The number of alkyl carbamates (subject to hydrolysis) is 1. The Morgan fingerprint density at radius 3 is 2.08 bits per heavy atom. The van der Waals surface area contributed by atoms with Gasteiger partial charge in [-0.2, -0.15) is 13.2 Å². The van der Waals surface area contributed by atoms with Gasteiger partial charge < -0.3 is 30.5 Å². The van der Waals surface area contributed by atoms with Crippen molar-refractivity contribution in [2.24, 2.45) is 17.6 Å². The number of carbonyl (C=O) groups excluding carboxylic acids is 3. The van der Waals surface area contributed by atoms with Crippen LogP contribution in [0, 0.1) is 11.8 Å². The molecule has 5 rings (SSSR count). The van der Waals surface area contributed by atoms with E-state index in [1.165, 1.54) is 4.90 Å². The first kappa shape index (κ1) is 47.6. The van der Waals surface area contributed by atoms with Gasteiger partial charge in [0.15, 0.2) is 5.82 Å². The number of aliphatic carboxylic acids is 1. The molecule has 1 atom stereocenters. The van der Waals surface area contributed by atoms with Gasteiger partial charge in [-0.1, -0.05) is 29.4 Å². The number of carbonyl (C=O) groups is 4. The molecular formula is C42H52F3N7O9. The van der Waals surface area contributed by atoms with E-state index in [-0.39, 0.29) is 24.1 Å². The molecule has 1 aliphatic rings. The number of nitrogens with one attached hydrogen (secondary N) is 2. The van der Waals surface area contributed by atoms with Crippen LogP contribution in [0.1, 0.15) is 58.4 Å². The molecule has 1 saturated carbocycles. The molecule has 61 heavy (non-hydrogen) atoms. The number of ether oxygens (including phenoxy) is 2. The van der Waals surface area contributed by atoms with Crippen LogP contribution in [0.5, 0.6) is 5.88 Å². The fourth-order valence-electron chi connectivity index (χ4n) is 6.36. The number of nitrogens with two attached hydrogens (primary N) is 1. The molecule has 2 heterocycles. The predicted molar refractivity (Wildman–Crippen MR) is 218 cm³/mol. The average molecular weight is 856 g/mol. The lowest BCUT2D eigenvalue weighted by Crippen LogP contribution is -2.50. The highest BCUT2D eigenvalue weighted by Crippen LogP contribution is 2.32. The molecule has 19 heteroatoms. The molecule has 0 unspecified atom stereocenters. The van der Waals surface area contributed by atoms with E-state index in [2.05, 4.69) is 29.9 Å². The molecular weight excluding hydrogens is 803 g/mol. The number of benzene rings is 2. The zero-order chi connectivity index (χ0) is 44.9. The minimum atomic E-state index is -5.08. The summed E-state index contributed by atoms with van der Waals surface area (Å²) in [5, 5.41) is 13.7. The smallest absolute Gasteiger partial charge is 0.478 e. The minimum Gasteiger partial charge on any atom is -0.478 e. The highest BCUT2D eigenvalue weighted by Gasteiger charge is 2.38. The largest absolute Gasteiger partial charge is 0.490 e. The van der Waals surface area contributed by atoms with Crippen molar-refractivity contribution in [3.63, 3.8) is 0 Å². The Hall–Kier alpha value is -6.08. The Morgan fingerprint density at radius 1 is 0.951 bits per heavy atom. The summed E-state index contributed by atoms with van der Waals surface area (Å²) in [6.45, 7) is 7.41. The number of aromatic amines is 1. The first-order chi connectivity index (χ1) is 28.7. The number of carboxylic acid groups (broad SMARTS) is 1. The molecule has 1 fully saturated rings. The Kier molecular flexibility index (Phi) is 16.7. The van der Waals surface area contributed by atoms with Gasteiger partial charge in [0, 0.05) is 42.4 Å². The van der Waals surface area contributed by atoms with Crippen LogP contribution in [0.3, 0.4) is 0 Å². The maximum absolute atomic E-state index is 14.2. The van der Waals surface area contributed by atoms with Crippen molar-refractivity contribution in [1.82, 2.24) is 25.3 Å². The molecule has 330 valence electrons. The lowest BCUT2D eigenvalue weighted by molar-refractivity contribution is -0.192. The van der Waals surface area contributed by atoms with Crippen molar-refractivity contribution < 1.29 is 51.5 Å². The van der Waals surface area contributed by atoms with Crippen LogP contribution in [-0.2, 0) is 25.5 Å². The number of alkyl halides is 3. The van der Waals surface area contributed by atoms with Gasteiger partial charge in [-0.05, 0) is 121 Å². The van der Waals surface area contributed by atoms with E-state index in [1.807, 2.05) is 71.3 Å². The number of pyridine rings is 1. The number of halogens is 3. The van der Waals surface area contributed by atoms with Crippen molar-refractivity contribution in [2.45, 2.75) is 77.1 Å². The van der Waals surface area contributed by atoms with Gasteiger partial charge in [-0.3, -0.25) is 19.1 Å². The number of hydrogen-bond donors (Lipinski definition) is 4. The molecule has 0 saturated heterocycles. The Bertz CT molecular complexity index is 2110. The summed E-state index contributed by atoms with van der Waals surface area (Å²) >= 11 is 0. The van der Waals surface area contributed by atoms with Crippen LogP contribution >= 0.6 is 0 Å². The number of nitrogens with zero attached hydrogens (tertiary/aromatic N) is 4. The standard InChI is InChI=1S/C40H51N7O7.C2HF3O2/c1-40(2,3)53-38(50)43-24-27-9-13-30(14-10-27)36(48)47(32-18-15-29(16-19-32)35-44-39(51)54-45-35)37(49)33(41)23-26-7-11-28(12-8-26)31-17-20-34(42-25-31)52-22-6-21-46(4)5;3-2(4,5)1(6)7/h7-8,11-12,15-20,25,27,30,33H,6,9-10,13-14,21-24,41H2,1-5H3,(H,43,50)(H,44,45,51);(H,6,7)/t27?,30?,33-;/m0./s1. The topological polar surface area (TPSA) is 223 Å². The monoisotopic (exact) mass is 855 g/mol. The fraction of sp³-hybridized carbons (Fsp3) is 0.452. The summed E-state index contributed by atoms with van der Waals surface area (Å²) in [5.74, 6) is -3.73. The summed E-state index contributed by atoms with van der Waals surface area (Å²) in [5.41, 5.74) is 9.58. The average Bonchev–Trinajstić information content (AvgIpc) is 3.65. The highest BCUT2D eigenvalue weighted by atomic mass is 19.4. The second-order valence-corrected chi connectivity index (χ2v) is 15.8. The van der Waals surface area contributed by atoms with Crippen LogP contribution < -0.4 is 26.4 Å². The number of imide groups is 1. The van der Waals surface area contributed by atoms with Gasteiger partial charge in [-0.15, -0.1) is 0 Å². The van der Waals surface area contributed by atoms with Gasteiger partial charge >= 0.3 is 24.0 Å². The normalized spacial score (nSPS) is 15.8. The third-order valence-corrected chi connectivity index (χ3v) is 9.45. The van der Waals surface area contributed by atoms with E-state index in [4.69, 9.17) is 25.1 Å². The highest BCUT2D eigenvalue weighted by molar-refractivity contribution is 6.17. The number of anilines is 1. The zero-order valence-electron chi connectivity index (χ0n) is 34.7. The summed E-state index contributed by atoms with van der Waals surface area (Å²) in [6.07, 6.45) is -0.158. The van der Waals surface area contributed by atoms with E-state index in [1.54, 1.807) is 30.5 Å². The van der Waals surface area contributed by atoms with Crippen LogP contribution in [0.4, 0.5) is 23.7 Å². The first-order valence-corrected chi connectivity index (χ1v) is 19.6. The molecule has 0 radical (unpaired) electrons. The Morgan fingerprint density at radius 2 is 1.56 bits per heavy atom. The second kappa shape index (κ2) is 21.4. The number of rotatable bonds is 14. The molecule has 1 aliphatic carbocycles. The van der Waals surface area contributed by atoms with Gasteiger partial charge in [0.2, 0.25) is 11.8 Å². The quantitative estimate of drug-likeness (QED) is 0.110. The third kappa shape index (κ3) is 15.2. The predicted octanol–water partition coefficient (Wildman–Crippen LogP) is 5.82. The summed E-state index contributed by atoms with van der Waals surface area (Å²) in [6, 6.07) is 17.1. The number of hydrogen-bond acceptors (Lipinski definition) is 12. The van der Waals surface area contributed by atoms with Crippen molar-refractivity contribution in [3.8, 4) is 28.4 Å².